The second kappa shape index (κ2) is 4.77. The van der Waals surface area contributed by atoms with Gasteiger partial charge in [0.05, 0.1) is 0 Å². The van der Waals surface area contributed by atoms with Crippen LogP contribution in [0.25, 0.3) is 0 Å². The highest BCUT2D eigenvalue weighted by atomic mass is 19.4. The molecule has 1 aromatic carbocycles. The molecule has 1 atom stereocenters. The molecule has 0 bridgehead atoms. The topological polar surface area (TPSA) is 0 Å². The van der Waals surface area contributed by atoms with Crippen molar-refractivity contribution in [2.75, 3.05) is 0 Å². The fourth-order valence-electron chi connectivity index (χ4n) is 1.23. The monoisotopic (exact) mass is 318 g/mol. The number of alkyl halides is 6. The van der Waals surface area contributed by atoms with Gasteiger partial charge < -0.3 is 0 Å². The molecule has 0 spiro atoms. The number of hydrogen-bond acceptors (Lipinski definition) is 0. The van der Waals surface area contributed by atoms with Gasteiger partial charge in [-0.05, 0) is 0 Å². The van der Waals surface area contributed by atoms with Crippen LogP contribution in [0.5, 0.6) is 0 Å². The molecule has 114 valence electrons. The Bertz CT molecular complexity index is 501. The summed E-state index contributed by atoms with van der Waals surface area (Å²) in [6.45, 7) is 0. The van der Waals surface area contributed by atoms with Gasteiger partial charge in [-0.1, -0.05) is 0 Å². The number of halogens is 11. The highest BCUT2D eigenvalue weighted by Crippen LogP contribution is 2.44. The van der Waals surface area contributed by atoms with Crippen LogP contribution in [0.15, 0.2) is 0 Å². The largest absolute Gasteiger partial charge is 0.426 e. The van der Waals surface area contributed by atoms with Gasteiger partial charge in [-0.3, -0.25) is 0 Å². The summed E-state index contributed by atoms with van der Waals surface area (Å²) >= 11 is 0. The lowest BCUT2D eigenvalue weighted by molar-refractivity contribution is -0.249. The van der Waals surface area contributed by atoms with Crippen molar-refractivity contribution in [3.8, 4) is 0 Å². The predicted molar refractivity (Wildman–Crippen MR) is 41.1 cm³/mol. The molecular formula is C9HF11. The van der Waals surface area contributed by atoms with Crippen molar-refractivity contribution in [2.45, 2.75) is 18.3 Å². The lowest BCUT2D eigenvalue weighted by Gasteiger charge is -2.24. The van der Waals surface area contributed by atoms with E-state index >= 15 is 0 Å². The third-order valence-electron chi connectivity index (χ3n) is 2.15. The molecular weight excluding hydrogens is 317 g/mol. The molecule has 0 saturated carbocycles. The van der Waals surface area contributed by atoms with Crippen LogP contribution in [0.3, 0.4) is 0 Å². The molecule has 0 fully saturated rings. The van der Waals surface area contributed by atoms with E-state index in [1.54, 1.807) is 0 Å². The molecule has 1 aromatic rings. The first-order valence-electron chi connectivity index (χ1n) is 4.44. The molecule has 1 rings (SSSR count). The number of rotatable bonds is 2. The number of hydrogen-bond donors (Lipinski definition) is 0. The first-order chi connectivity index (χ1) is 8.83. The first kappa shape index (κ1) is 16.5. The summed E-state index contributed by atoms with van der Waals surface area (Å²) in [6.07, 6.45) is -11.4. The van der Waals surface area contributed by atoms with Crippen molar-refractivity contribution in [2.24, 2.45) is 0 Å². The van der Waals surface area contributed by atoms with Crippen molar-refractivity contribution in [3.05, 3.63) is 34.6 Å². The minimum atomic E-state index is -6.27. The van der Waals surface area contributed by atoms with E-state index in [9.17, 15) is 48.3 Å². The third kappa shape index (κ3) is 2.40. The summed E-state index contributed by atoms with van der Waals surface area (Å²) in [4.78, 5) is 0. The summed E-state index contributed by atoms with van der Waals surface area (Å²) in [7, 11) is 0. The summed E-state index contributed by atoms with van der Waals surface area (Å²) < 4.78 is 138. The fraction of sp³-hybridized carbons (Fsp3) is 0.333. The van der Waals surface area contributed by atoms with Gasteiger partial charge in [-0.25, -0.2) is 26.3 Å². The Kier molecular flexibility index (Phi) is 3.94. The molecule has 1 unspecified atom stereocenters. The molecule has 0 amide bonds. The van der Waals surface area contributed by atoms with E-state index in [4.69, 9.17) is 0 Å². The van der Waals surface area contributed by atoms with Crippen LogP contribution in [-0.4, -0.2) is 12.3 Å². The molecule has 11 heteroatoms. The third-order valence-corrected chi connectivity index (χ3v) is 2.15. The van der Waals surface area contributed by atoms with Crippen molar-refractivity contribution in [1.82, 2.24) is 0 Å². The van der Waals surface area contributed by atoms with Crippen molar-refractivity contribution in [1.29, 1.82) is 0 Å². The first-order valence-corrected chi connectivity index (χ1v) is 4.44. The smallest absolute Gasteiger partial charge is 0.230 e. The van der Waals surface area contributed by atoms with Gasteiger partial charge in [0.1, 0.15) is 5.56 Å². The van der Waals surface area contributed by atoms with E-state index in [0.717, 1.165) is 0 Å². The maximum atomic E-state index is 13.0. The molecule has 0 aliphatic carbocycles. The summed E-state index contributed by atoms with van der Waals surface area (Å²) in [5, 5.41) is 0. The Labute approximate surface area is 102 Å². The molecule has 20 heavy (non-hydrogen) atoms. The zero-order valence-corrected chi connectivity index (χ0v) is 8.73. The second-order valence-corrected chi connectivity index (χ2v) is 3.47. The van der Waals surface area contributed by atoms with Gasteiger partial charge in [0.15, 0.2) is 23.3 Å². The van der Waals surface area contributed by atoms with Crippen LogP contribution in [0, 0.1) is 29.1 Å². The Morgan fingerprint density at radius 2 is 0.900 bits per heavy atom. The van der Waals surface area contributed by atoms with Crippen molar-refractivity contribution in [3.63, 3.8) is 0 Å². The average molecular weight is 318 g/mol. The molecule has 0 heterocycles. The van der Waals surface area contributed by atoms with E-state index in [2.05, 4.69) is 0 Å². The van der Waals surface area contributed by atoms with Crippen LogP contribution in [0.2, 0.25) is 0 Å². The lowest BCUT2D eigenvalue weighted by Crippen LogP contribution is -2.41. The van der Waals surface area contributed by atoms with E-state index < -0.39 is 52.9 Å². The average Bonchev–Trinajstić information content (AvgIpc) is 2.31. The van der Waals surface area contributed by atoms with Crippen LogP contribution in [0.4, 0.5) is 48.3 Å². The highest BCUT2D eigenvalue weighted by molar-refractivity contribution is 5.29. The van der Waals surface area contributed by atoms with E-state index in [-0.39, 0.29) is 0 Å². The Balaban J connectivity index is 3.63. The van der Waals surface area contributed by atoms with Gasteiger partial charge in [0.25, 0.3) is 6.17 Å². The van der Waals surface area contributed by atoms with Gasteiger partial charge >= 0.3 is 12.1 Å². The molecule has 0 radical (unpaired) electrons. The van der Waals surface area contributed by atoms with Crippen LogP contribution in [0.1, 0.15) is 5.56 Å². The van der Waals surface area contributed by atoms with E-state index in [0.29, 0.717) is 0 Å². The molecule has 0 aliphatic rings. The molecule has 0 saturated heterocycles. The van der Waals surface area contributed by atoms with Crippen molar-refractivity contribution >= 4 is 0 Å². The Morgan fingerprint density at radius 1 is 0.600 bits per heavy atom. The number of benzene rings is 1. The van der Waals surface area contributed by atoms with E-state index in [1.807, 2.05) is 0 Å². The van der Waals surface area contributed by atoms with Crippen LogP contribution >= 0.6 is 0 Å². The van der Waals surface area contributed by atoms with E-state index in [1.165, 1.54) is 0 Å². The normalized spacial score (nSPS) is 14.6. The minimum Gasteiger partial charge on any atom is -0.230 e. The fourth-order valence-corrected chi connectivity index (χ4v) is 1.23. The molecule has 0 aliphatic heterocycles. The minimum absolute atomic E-state index is 2.86. The van der Waals surface area contributed by atoms with Crippen LogP contribution < -0.4 is 0 Å². The van der Waals surface area contributed by atoms with Gasteiger partial charge in [-0.2, -0.15) is 22.0 Å². The summed E-state index contributed by atoms with van der Waals surface area (Å²) in [6, 6.07) is 0. The summed E-state index contributed by atoms with van der Waals surface area (Å²) in [5.74, 6) is -21.2. The molecule has 0 aromatic heterocycles. The predicted octanol–water partition coefficient (Wildman–Crippen LogP) is 4.37. The SMILES string of the molecule is Fc1c(F)c(F)c(C(F)(F)C(F)C(F)(F)F)c(F)c1F. The van der Waals surface area contributed by atoms with Gasteiger partial charge in [-0.15, -0.1) is 0 Å². The highest BCUT2D eigenvalue weighted by Gasteiger charge is 2.60. The van der Waals surface area contributed by atoms with Crippen molar-refractivity contribution < 1.29 is 48.3 Å². The maximum absolute atomic E-state index is 13.0. The Morgan fingerprint density at radius 3 is 1.20 bits per heavy atom. The molecule has 0 N–H and O–H groups in total. The zero-order valence-electron chi connectivity index (χ0n) is 8.73. The van der Waals surface area contributed by atoms with Crippen LogP contribution in [-0.2, 0) is 5.92 Å². The Hall–Kier alpha value is -1.55. The zero-order chi connectivity index (χ0) is 16.0. The van der Waals surface area contributed by atoms with Gasteiger partial charge in [0, 0.05) is 0 Å². The quantitative estimate of drug-likeness (QED) is 0.431. The summed E-state index contributed by atoms with van der Waals surface area (Å²) in [5.41, 5.74) is -3.18. The molecule has 0 nitrogen and oxygen atoms in total. The standard InChI is InChI=1S/C9HF11/c10-2-1(3(11)5(13)6(14)4(2)12)8(16,17)7(15)9(18,19)20/h7H. The van der Waals surface area contributed by atoms with Gasteiger partial charge in [0.2, 0.25) is 5.82 Å². The lowest BCUT2D eigenvalue weighted by atomic mass is 10.0. The second-order valence-electron chi connectivity index (χ2n) is 3.47. The maximum Gasteiger partial charge on any atom is 0.426 e.